The average Bonchev–Trinajstić information content (AvgIpc) is 2.38. The van der Waals surface area contributed by atoms with E-state index in [0.29, 0.717) is 0 Å². The number of carbonyl (C=O) groups excluding carboxylic acids is 2. The molecule has 4 N–H and O–H groups in total. The van der Waals surface area contributed by atoms with Crippen LogP contribution in [0.1, 0.15) is 6.92 Å². The van der Waals surface area contributed by atoms with Gasteiger partial charge in [-0.2, -0.15) is 0 Å². The normalized spacial score (nSPS) is 9.79. The first-order valence-electron chi connectivity index (χ1n) is 5.83. The van der Waals surface area contributed by atoms with Gasteiger partial charge >= 0.3 is 12.1 Å². The molecule has 0 aliphatic carbocycles. The summed E-state index contributed by atoms with van der Waals surface area (Å²) in [6, 6.07) is 5.50. The van der Waals surface area contributed by atoms with Gasteiger partial charge in [-0.25, -0.2) is 14.5 Å². The van der Waals surface area contributed by atoms with Gasteiger partial charge in [-0.3, -0.25) is 0 Å². The Balaban J connectivity index is 2.77. The molecule has 0 heterocycles. The average molecular weight is 267 g/mol. The molecule has 7 nitrogen and oxygen atoms in total. The lowest BCUT2D eigenvalue weighted by Gasteiger charge is -2.20. The van der Waals surface area contributed by atoms with Crippen LogP contribution in [0.4, 0.5) is 15.3 Å². The zero-order valence-electron chi connectivity index (χ0n) is 10.6. The van der Waals surface area contributed by atoms with Crippen LogP contribution >= 0.6 is 0 Å². The zero-order valence-corrected chi connectivity index (χ0v) is 10.6. The molecule has 3 amide bonds. The monoisotopic (exact) mass is 267 g/mol. The van der Waals surface area contributed by atoms with Crippen molar-refractivity contribution in [3.05, 3.63) is 24.3 Å². The first-order valence-corrected chi connectivity index (χ1v) is 5.83. The van der Waals surface area contributed by atoms with E-state index in [1.807, 2.05) is 0 Å². The number of anilines is 1. The number of ether oxygens (including phenoxy) is 1. The Bertz CT molecular complexity index is 450. The molecule has 0 bridgehead atoms. The van der Waals surface area contributed by atoms with E-state index in [2.05, 4.69) is 5.32 Å². The number of hydrogen-bond donors (Lipinski definition) is 3. The Labute approximate surface area is 111 Å². The van der Waals surface area contributed by atoms with Crippen molar-refractivity contribution in [2.45, 2.75) is 6.92 Å². The molecule has 0 aliphatic heterocycles. The lowest BCUT2D eigenvalue weighted by molar-refractivity contribution is 0.118. The number of phenolic OH excluding ortho intramolecular Hbond substituents is 1. The van der Waals surface area contributed by atoms with E-state index in [9.17, 15) is 14.7 Å². The van der Waals surface area contributed by atoms with Gasteiger partial charge in [0.2, 0.25) is 0 Å². The molecule has 0 aromatic heterocycles. The number of para-hydroxylation sites is 2. The summed E-state index contributed by atoms with van der Waals surface area (Å²) in [5, 5.41) is 12.0. The molecule has 0 radical (unpaired) electrons. The molecule has 0 unspecified atom stereocenters. The minimum atomic E-state index is -0.777. The minimum Gasteiger partial charge on any atom is -0.506 e. The molecule has 0 spiro atoms. The summed E-state index contributed by atoms with van der Waals surface area (Å²) in [5.74, 6) is -0.0904. The summed E-state index contributed by atoms with van der Waals surface area (Å²) in [5.41, 5.74) is 5.55. The fourth-order valence-corrected chi connectivity index (χ4v) is 1.37. The highest BCUT2D eigenvalue weighted by atomic mass is 16.6. The summed E-state index contributed by atoms with van der Waals surface area (Å²) in [6.07, 6.45) is -0.777. The number of phenols is 1. The third-order valence-corrected chi connectivity index (χ3v) is 2.23. The van der Waals surface area contributed by atoms with E-state index in [0.717, 1.165) is 4.90 Å². The van der Waals surface area contributed by atoms with Crippen molar-refractivity contribution in [3.63, 3.8) is 0 Å². The van der Waals surface area contributed by atoms with Gasteiger partial charge in [-0.05, 0) is 19.1 Å². The van der Waals surface area contributed by atoms with Gasteiger partial charge in [0.05, 0.1) is 12.3 Å². The van der Waals surface area contributed by atoms with Crippen LogP contribution < -0.4 is 11.1 Å². The van der Waals surface area contributed by atoms with E-state index in [-0.39, 0.29) is 31.1 Å². The van der Waals surface area contributed by atoms with Gasteiger partial charge in [0.1, 0.15) is 5.75 Å². The van der Waals surface area contributed by atoms with Crippen molar-refractivity contribution in [2.24, 2.45) is 5.73 Å². The van der Waals surface area contributed by atoms with Crippen LogP contribution in [0.5, 0.6) is 5.75 Å². The SMILES string of the molecule is CCOC(=O)N(CCN)C(=O)Nc1ccccc1O. The van der Waals surface area contributed by atoms with Gasteiger partial charge in [0.15, 0.2) is 0 Å². The third-order valence-electron chi connectivity index (χ3n) is 2.23. The van der Waals surface area contributed by atoms with Crippen LogP contribution in [0.15, 0.2) is 24.3 Å². The molecule has 0 atom stereocenters. The lowest BCUT2D eigenvalue weighted by atomic mass is 10.3. The Morgan fingerprint density at radius 1 is 1.42 bits per heavy atom. The van der Waals surface area contributed by atoms with E-state index in [1.54, 1.807) is 19.1 Å². The van der Waals surface area contributed by atoms with E-state index >= 15 is 0 Å². The molecule has 104 valence electrons. The largest absolute Gasteiger partial charge is 0.506 e. The fraction of sp³-hybridized carbons (Fsp3) is 0.333. The Kier molecular flexibility index (Phi) is 5.62. The lowest BCUT2D eigenvalue weighted by Crippen LogP contribution is -2.43. The van der Waals surface area contributed by atoms with Gasteiger partial charge in [0.25, 0.3) is 0 Å². The van der Waals surface area contributed by atoms with Gasteiger partial charge in [0, 0.05) is 13.1 Å². The first-order chi connectivity index (χ1) is 9.10. The molecular formula is C12H17N3O4. The summed E-state index contributed by atoms with van der Waals surface area (Å²) < 4.78 is 4.75. The van der Waals surface area contributed by atoms with Gasteiger partial charge in [-0.15, -0.1) is 0 Å². The van der Waals surface area contributed by atoms with Crippen molar-refractivity contribution in [3.8, 4) is 5.75 Å². The van der Waals surface area contributed by atoms with Gasteiger partial charge in [-0.1, -0.05) is 12.1 Å². The summed E-state index contributed by atoms with van der Waals surface area (Å²) in [7, 11) is 0. The highest BCUT2D eigenvalue weighted by Gasteiger charge is 2.22. The highest BCUT2D eigenvalue weighted by molar-refractivity contribution is 5.99. The van der Waals surface area contributed by atoms with Crippen LogP contribution in [-0.2, 0) is 4.74 Å². The number of aromatic hydroxyl groups is 1. The predicted molar refractivity (Wildman–Crippen MR) is 69.9 cm³/mol. The molecule has 1 aromatic rings. The Hall–Kier alpha value is -2.28. The predicted octanol–water partition coefficient (Wildman–Crippen LogP) is 1.34. The third kappa shape index (κ3) is 4.14. The molecule has 19 heavy (non-hydrogen) atoms. The van der Waals surface area contributed by atoms with Crippen LogP contribution in [0, 0.1) is 0 Å². The molecule has 7 heteroatoms. The van der Waals surface area contributed by atoms with E-state index < -0.39 is 12.1 Å². The summed E-state index contributed by atoms with van der Waals surface area (Å²) in [6.45, 7) is 1.94. The molecule has 0 fully saturated rings. The quantitative estimate of drug-likeness (QED) is 0.714. The number of urea groups is 1. The second-order valence-corrected chi connectivity index (χ2v) is 3.59. The van der Waals surface area contributed by atoms with Crippen molar-refractivity contribution in [1.82, 2.24) is 4.90 Å². The number of hydrogen-bond acceptors (Lipinski definition) is 5. The van der Waals surface area contributed by atoms with E-state index in [1.165, 1.54) is 12.1 Å². The molecule has 0 saturated heterocycles. The van der Waals surface area contributed by atoms with Crippen LogP contribution in [-0.4, -0.2) is 41.8 Å². The number of benzene rings is 1. The van der Waals surface area contributed by atoms with Crippen molar-refractivity contribution in [2.75, 3.05) is 25.0 Å². The second kappa shape index (κ2) is 7.22. The van der Waals surface area contributed by atoms with Crippen molar-refractivity contribution in [1.29, 1.82) is 0 Å². The highest BCUT2D eigenvalue weighted by Crippen LogP contribution is 2.21. The molecule has 1 aromatic carbocycles. The van der Waals surface area contributed by atoms with Crippen molar-refractivity contribution >= 4 is 17.8 Å². The topological polar surface area (TPSA) is 105 Å². The first kappa shape index (κ1) is 14.8. The number of carbonyl (C=O) groups is 2. The standard InChI is InChI=1S/C12H17N3O4/c1-2-19-12(18)15(8-7-13)11(17)14-9-5-3-4-6-10(9)16/h3-6,16H,2,7-8,13H2,1H3,(H,14,17). The maximum atomic E-state index is 11.9. The number of nitrogens with zero attached hydrogens (tertiary/aromatic N) is 1. The zero-order chi connectivity index (χ0) is 14.3. The molecule has 0 saturated carbocycles. The Morgan fingerprint density at radius 3 is 2.68 bits per heavy atom. The smallest absolute Gasteiger partial charge is 0.418 e. The summed E-state index contributed by atoms with van der Waals surface area (Å²) >= 11 is 0. The maximum Gasteiger partial charge on any atom is 0.418 e. The van der Waals surface area contributed by atoms with E-state index in [4.69, 9.17) is 10.5 Å². The Morgan fingerprint density at radius 2 is 2.11 bits per heavy atom. The minimum absolute atomic E-state index is 0.0261. The number of rotatable bonds is 4. The summed E-state index contributed by atoms with van der Waals surface area (Å²) in [4.78, 5) is 24.3. The fourth-order valence-electron chi connectivity index (χ4n) is 1.37. The number of nitrogens with one attached hydrogen (secondary N) is 1. The number of amides is 3. The second-order valence-electron chi connectivity index (χ2n) is 3.59. The van der Waals surface area contributed by atoms with Gasteiger partial charge < -0.3 is 20.9 Å². The van der Waals surface area contributed by atoms with Crippen LogP contribution in [0.3, 0.4) is 0 Å². The number of nitrogens with two attached hydrogens (primary N) is 1. The number of imide groups is 1. The molecular weight excluding hydrogens is 250 g/mol. The van der Waals surface area contributed by atoms with Crippen LogP contribution in [0.2, 0.25) is 0 Å². The van der Waals surface area contributed by atoms with Crippen molar-refractivity contribution < 1.29 is 19.4 Å². The maximum absolute atomic E-state index is 11.9. The molecule has 1 rings (SSSR count). The molecule has 0 aliphatic rings. The van der Waals surface area contributed by atoms with Crippen LogP contribution in [0.25, 0.3) is 0 Å².